The molecule has 5 aromatic rings. The number of benzene rings is 4. The first-order chi connectivity index (χ1) is 13.2. The van der Waals surface area contributed by atoms with Crippen LogP contribution in [-0.4, -0.2) is 10.2 Å². The highest BCUT2D eigenvalue weighted by molar-refractivity contribution is 6.31. The monoisotopic (exact) mass is 356 g/mol. The second-order valence-electron chi connectivity index (χ2n) is 7.12. The zero-order chi connectivity index (χ0) is 18.7. The average Bonchev–Trinajstić information content (AvgIpc) is 3.09. The SMILES string of the molecule is Cc1c(CO)c(CO)c(C)c2c1c1ccccc1c1oc3ccccc3c12. The standard InChI is InChI=1S/C24H20O3/c1-13-18(11-25)19(12-26)14(2)22-21(13)15-7-3-4-8-16(15)24-23(22)17-9-5-6-10-20(17)27-24/h3-10,25-26H,11-12H2,1-2H3. The summed E-state index contributed by atoms with van der Waals surface area (Å²) in [6, 6.07) is 16.3. The highest BCUT2D eigenvalue weighted by Crippen LogP contribution is 2.44. The molecular formula is C24H20O3. The average molecular weight is 356 g/mol. The number of fused-ring (bicyclic) bond motifs is 8. The predicted molar refractivity (Wildman–Crippen MR) is 110 cm³/mol. The summed E-state index contributed by atoms with van der Waals surface area (Å²) in [6.45, 7) is 3.88. The summed E-state index contributed by atoms with van der Waals surface area (Å²) >= 11 is 0. The van der Waals surface area contributed by atoms with Gasteiger partial charge in [0.05, 0.1) is 13.2 Å². The van der Waals surface area contributed by atoms with Gasteiger partial charge in [-0.15, -0.1) is 0 Å². The van der Waals surface area contributed by atoms with E-state index in [1.807, 2.05) is 44.2 Å². The number of furan rings is 1. The smallest absolute Gasteiger partial charge is 0.143 e. The molecule has 134 valence electrons. The van der Waals surface area contributed by atoms with Crippen LogP contribution in [0.4, 0.5) is 0 Å². The minimum absolute atomic E-state index is 0.0863. The molecule has 0 unspecified atom stereocenters. The van der Waals surface area contributed by atoms with Crippen LogP contribution in [0.15, 0.2) is 52.9 Å². The lowest BCUT2D eigenvalue weighted by Crippen LogP contribution is -2.03. The highest BCUT2D eigenvalue weighted by Gasteiger charge is 2.22. The van der Waals surface area contributed by atoms with Gasteiger partial charge >= 0.3 is 0 Å². The third-order valence-electron chi connectivity index (χ3n) is 5.87. The van der Waals surface area contributed by atoms with Crippen LogP contribution in [0.3, 0.4) is 0 Å². The first-order valence-electron chi connectivity index (χ1n) is 9.15. The van der Waals surface area contributed by atoms with Crippen molar-refractivity contribution in [1.82, 2.24) is 0 Å². The lowest BCUT2D eigenvalue weighted by atomic mass is 9.86. The summed E-state index contributed by atoms with van der Waals surface area (Å²) in [4.78, 5) is 0. The molecule has 0 radical (unpaired) electrons. The van der Waals surface area contributed by atoms with Gasteiger partial charge in [-0.3, -0.25) is 0 Å². The lowest BCUT2D eigenvalue weighted by molar-refractivity contribution is 0.259. The van der Waals surface area contributed by atoms with Crippen molar-refractivity contribution in [3.63, 3.8) is 0 Å². The Morgan fingerprint density at radius 3 is 1.89 bits per heavy atom. The number of aryl methyl sites for hydroxylation is 2. The number of hydrogen-bond acceptors (Lipinski definition) is 3. The fraction of sp³-hybridized carbons (Fsp3) is 0.167. The Balaban J connectivity index is 2.23. The predicted octanol–water partition coefficient (Wildman–Crippen LogP) is 5.49. The van der Waals surface area contributed by atoms with E-state index < -0.39 is 0 Å². The van der Waals surface area contributed by atoms with E-state index in [9.17, 15) is 10.2 Å². The van der Waals surface area contributed by atoms with Crippen LogP contribution in [0.1, 0.15) is 22.3 Å². The van der Waals surface area contributed by atoms with Gasteiger partial charge in [0.1, 0.15) is 11.2 Å². The van der Waals surface area contributed by atoms with E-state index in [4.69, 9.17) is 4.42 Å². The normalized spacial score (nSPS) is 12.0. The Morgan fingerprint density at radius 1 is 0.667 bits per heavy atom. The molecule has 0 spiro atoms. The quantitative estimate of drug-likeness (QED) is 0.411. The van der Waals surface area contributed by atoms with Crippen molar-refractivity contribution in [3.8, 4) is 0 Å². The molecule has 1 heterocycles. The van der Waals surface area contributed by atoms with Gasteiger partial charge in [0.15, 0.2) is 0 Å². The molecule has 2 N–H and O–H groups in total. The highest BCUT2D eigenvalue weighted by atomic mass is 16.3. The Kier molecular flexibility index (Phi) is 3.51. The van der Waals surface area contributed by atoms with Crippen LogP contribution < -0.4 is 0 Å². The zero-order valence-electron chi connectivity index (χ0n) is 15.3. The van der Waals surface area contributed by atoms with Gasteiger partial charge in [-0.1, -0.05) is 42.5 Å². The summed E-state index contributed by atoms with van der Waals surface area (Å²) in [5.74, 6) is 0. The molecule has 0 aliphatic heterocycles. The maximum atomic E-state index is 10.0. The number of rotatable bonds is 2. The second kappa shape index (κ2) is 5.81. The molecule has 27 heavy (non-hydrogen) atoms. The summed E-state index contributed by atoms with van der Waals surface area (Å²) in [7, 11) is 0. The maximum Gasteiger partial charge on any atom is 0.143 e. The summed E-state index contributed by atoms with van der Waals surface area (Å²) in [5.41, 5.74) is 5.39. The number of hydrogen-bond donors (Lipinski definition) is 2. The summed E-state index contributed by atoms with van der Waals surface area (Å²) < 4.78 is 6.29. The summed E-state index contributed by atoms with van der Waals surface area (Å²) in [6.07, 6.45) is 0. The molecule has 0 atom stereocenters. The van der Waals surface area contributed by atoms with E-state index in [1.165, 1.54) is 0 Å². The zero-order valence-corrected chi connectivity index (χ0v) is 15.3. The fourth-order valence-electron chi connectivity index (χ4n) is 4.59. The molecule has 0 saturated carbocycles. The van der Waals surface area contributed by atoms with Crippen molar-refractivity contribution >= 4 is 43.5 Å². The van der Waals surface area contributed by atoms with Crippen LogP contribution in [0.25, 0.3) is 43.5 Å². The van der Waals surface area contributed by atoms with Crippen molar-refractivity contribution in [1.29, 1.82) is 0 Å². The van der Waals surface area contributed by atoms with Crippen molar-refractivity contribution in [2.45, 2.75) is 27.1 Å². The molecule has 0 aliphatic carbocycles. The van der Waals surface area contributed by atoms with Gasteiger partial charge in [-0.2, -0.15) is 0 Å². The molecule has 1 aromatic heterocycles. The third kappa shape index (κ3) is 2.04. The minimum atomic E-state index is -0.0946. The molecule has 0 amide bonds. The molecule has 4 aromatic carbocycles. The maximum absolute atomic E-state index is 10.0. The van der Waals surface area contributed by atoms with Crippen LogP contribution >= 0.6 is 0 Å². The van der Waals surface area contributed by atoms with E-state index in [-0.39, 0.29) is 13.2 Å². The number of aliphatic hydroxyl groups excluding tert-OH is 2. The first-order valence-corrected chi connectivity index (χ1v) is 9.15. The van der Waals surface area contributed by atoms with Gasteiger partial charge in [0, 0.05) is 16.2 Å². The molecule has 3 nitrogen and oxygen atoms in total. The topological polar surface area (TPSA) is 53.6 Å². The molecule has 0 saturated heterocycles. The molecule has 0 fully saturated rings. The Labute approximate surface area is 156 Å². The Hall–Kier alpha value is -2.88. The number of para-hydroxylation sites is 1. The number of aliphatic hydroxyl groups is 2. The van der Waals surface area contributed by atoms with E-state index >= 15 is 0 Å². The molecule has 3 heteroatoms. The van der Waals surface area contributed by atoms with Crippen LogP contribution in [0.5, 0.6) is 0 Å². The van der Waals surface area contributed by atoms with Crippen molar-refractivity contribution in [3.05, 3.63) is 70.8 Å². The summed E-state index contributed by atoms with van der Waals surface area (Å²) in [5, 5.41) is 26.6. The molecule has 5 rings (SSSR count). The van der Waals surface area contributed by atoms with Crippen LogP contribution in [0.2, 0.25) is 0 Å². The van der Waals surface area contributed by atoms with Crippen LogP contribution in [-0.2, 0) is 13.2 Å². The van der Waals surface area contributed by atoms with Crippen molar-refractivity contribution in [2.75, 3.05) is 0 Å². The van der Waals surface area contributed by atoms with Crippen LogP contribution in [0, 0.1) is 13.8 Å². The Morgan fingerprint density at radius 2 is 1.22 bits per heavy atom. The molecule has 0 bridgehead atoms. The lowest BCUT2D eigenvalue weighted by Gasteiger charge is -2.19. The van der Waals surface area contributed by atoms with E-state index in [0.29, 0.717) is 0 Å². The molecular weight excluding hydrogens is 336 g/mol. The van der Waals surface area contributed by atoms with E-state index in [1.54, 1.807) is 0 Å². The van der Waals surface area contributed by atoms with Crippen molar-refractivity contribution < 1.29 is 14.6 Å². The largest absolute Gasteiger partial charge is 0.455 e. The Bertz CT molecular complexity index is 1360. The molecule has 0 aliphatic rings. The van der Waals surface area contributed by atoms with Gasteiger partial charge < -0.3 is 14.6 Å². The van der Waals surface area contributed by atoms with E-state index in [0.717, 1.165) is 65.7 Å². The van der Waals surface area contributed by atoms with Crippen molar-refractivity contribution in [2.24, 2.45) is 0 Å². The van der Waals surface area contributed by atoms with E-state index in [2.05, 4.69) is 18.2 Å². The minimum Gasteiger partial charge on any atom is -0.455 e. The van der Waals surface area contributed by atoms with Gasteiger partial charge in [0.2, 0.25) is 0 Å². The third-order valence-corrected chi connectivity index (χ3v) is 5.87. The van der Waals surface area contributed by atoms with Gasteiger partial charge in [-0.25, -0.2) is 0 Å². The fourth-order valence-corrected chi connectivity index (χ4v) is 4.59. The second-order valence-corrected chi connectivity index (χ2v) is 7.12. The first kappa shape index (κ1) is 16.3. The van der Waals surface area contributed by atoms with Gasteiger partial charge in [-0.05, 0) is 58.3 Å². The van der Waals surface area contributed by atoms with Gasteiger partial charge in [0.25, 0.3) is 0 Å².